The summed E-state index contributed by atoms with van der Waals surface area (Å²) in [6.45, 7) is 3.00. The Labute approximate surface area is 120 Å². The first-order chi connectivity index (χ1) is 9.70. The van der Waals surface area contributed by atoms with Gasteiger partial charge in [0.15, 0.2) is 16.6 Å². The van der Waals surface area contributed by atoms with E-state index in [1.807, 2.05) is 30.5 Å². The van der Waals surface area contributed by atoms with E-state index in [0.717, 1.165) is 17.0 Å². The quantitative estimate of drug-likeness (QED) is 0.943. The molecule has 20 heavy (non-hydrogen) atoms. The number of nitrogens with zero attached hydrogens (tertiary/aromatic N) is 1. The van der Waals surface area contributed by atoms with Gasteiger partial charge < -0.3 is 14.8 Å². The molecular formula is C14H14N2O3S. The number of ether oxygens (including phenoxy) is 2. The number of aromatic nitrogens is 1. The zero-order chi connectivity index (χ0) is 13.9. The van der Waals surface area contributed by atoms with Crippen molar-refractivity contribution in [2.24, 2.45) is 0 Å². The zero-order valence-corrected chi connectivity index (χ0v) is 11.8. The number of carbonyl (C=O) groups is 1. The smallest absolute Gasteiger partial charge is 0.230 e. The van der Waals surface area contributed by atoms with Gasteiger partial charge in [0.25, 0.3) is 0 Å². The van der Waals surface area contributed by atoms with Crippen LogP contribution in [-0.4, -0.2) is 24.1 Å². The number of rotatable bonds is 3. The summed E-state index contributed by atoms with van der Waals surface area (Å²) in [7, 11) is 0. The molecule has 0 aliphatic carbocycles. The summed E-state index contributed by atoms with van der Waals surface area (Å²) in [4.78, 5) is 16.1. The maximum atomic E-state index is 11.9. The number of aryl methyl sites for hydroxylation is 1. The van der Waals surface area contributed by atoms with Crippen LogP contribution in [0.3, 0.4) is 0 Å². The van der Waals surface area contributed by atoms with Gasteiger partial charge in [-0.1, -0.05) is 6.07 Å². The Kier molecular flexibility index (Phi) is 3.56. The number of hydrogen-bond acceptors (Lipinski definition) is 5. The standard InChI is InChI=1S/C14H14N2O3S/c1-9-8-20-14(15-9)16-13(17)7-10-2-3-11-12(6-10)19-5-4-18-11/h2-3,6,8H,4-5,7H2,1H3,(H,15,16,17). The van der Waals surface area contributed by atoms with Gasteiger partial charge in [0.2, 0.25) is 5.91 Å². The summed E-state index contributed by atoms with van der Waals surface area (Å²) in [5.41, 5.74) is 1.80. The van der Waals surface area contributed by atoms with Crippen LogP contribution in [0.5, 0.6) is 11.5 Å². The fraction of sp³-hybridized carbons (Fsp3) is 0.286. The van der Waals surface area contributed by atoms with Crippen molar-refractivity contribution in [1.82, 2.24) is 4.98 Å². The minimum Gasteiger partial charge on any atom is -0.486 e. The van der Waals surface area contributed by atoms with Crippen LogP contribution in [0.4, 0.5) is 5.13 Å². The normalized spacial score (nSPS) is 13.1. The maximum absolute atomic E-state index is 11.9. The molecule has 2 heterocycles. The van der Waals surface area contributed by atoms with Gasteiger partial charge in [-0.2, -0.15) is 0 Å². The Bertz CT molecular complexity index is 639. The number of carbonyl (C=O) groups excluding carboxylic acids is 1. The average Bonchev–Trinajstić information content (AvgIpc) is 2.83. The fourth-order valence-corrected chi connectivity index (χ4v) is 2.66. The van der Waals surface area contributed by atoms with Gasteiger partial charge in [-0.3, -0.25) is 4.79 Å². The van der Waals surface area contributed by atoms with Gasteiger partial charge >= 0.3 is 0 Å². The third-order valence-corrected chi connectivity index (χ3v) is 3.71. The SMILES string of the molecule is Cc1csc(NC(=O)Cc2ccc3c(c2)OCCO3)n1. The van der Waals surface area contributed by atoms with Crippen molar-refractivity contribution in [3.05, 3.63) is 34.8 Å². The number of hydrogen-bond donors (Lipinski definition) is 1. The van der Waals surface area contributed by atoms with Crippen molar-refractivity contribution in [2.75, 3.05) is 18.5 Å². The highest BCUT2D eigenvalue weighted by molar-refractivity contribution is 7.13. The summed E-state index contributed by atoms with van der Waals surface area (Å²) in [5.74, 6) is 1.35. The highest BCUT2D eigenvalue weighted by Crippen LogP contribution is 2.30. The fourth-order valence-electron chi connectivity index (χ4n) is 1.96. The average molecular weight is 290 g/mol. The van der Waals surface area contributed by atoms with E-state index in [1.54, 1.807) is 0 Å². The number of fused-ring (bicyclic) bond motifs is 1. The minimum absolute atomic E-state index is 0.0870. The van der Waals surface area contributed by atoms with E-state index in [9.17, 15) is 4.79 Å². The van der Waals surface area contributed by atoms with E-state index in [1.165, 1.54) is 11.3 Å². The summed E-state index contributed by atoms with van der Waals surface area (Å²) < 4.78 is 10.9. The van der Waals surface area contributed by atoms with E-state index < -0.39 is 0 Å². The monoisotopic (exact) mass is 290 g/mol. The van der Waals surface area contributed by atoms with Gasteiger partial charge in [-0.25, -0.2) is 4.98 Å². The first kappa shape index (κ1) is 12.9. The summed E-state index contributed by atoms with van der Waals surface area (Å²) in [6.07, 6.45) is 0.287. The lowest BCUT2D eigenvalue weighted by molar-refractivity contribution is -0.115. The Hall–Kier alpha value is -2.08. The Morgan fingerprint density at radius 2 is 2.15 bits per heavy atom. The van der Waals surface area contributed by atoms with E-state index in [4.69, 9.17) is 9.47 Å². The molecule has 0 bridgehead atoms. The largest absolute Gasteiger partial charge is 0.486 e. The second kappa shape index (κ2) is 5.50. The van der Waals surface area contributed by atoms with Gasteiger partial charge in [0.1, 0.15) is 13.2 Å². The van der Waals surface area contributed by atoms with Crippen LogP contribution in [-0.2, 0) is 11.2 Å². The third kappa shape index (κ3) is 2.91. The molecule has 0 saturated carbocycles. The van der Waals surface area contributed by atoms with Crippen molar-refractivity contribution < 1.29 is 14.3 Å². The number of anilines is 1. The molecule has 0 unspecified atom stereocenters. The maximum Gasteiger partial charge on any atom is 0.230 e. The van der Waals surface area contributed by atoms with E-state index in [0.29, 0.717) is 24.1 Å². The molecule has 1 aromatic carbocycles. The van der Waals surface area contributed by atoms with Gasteiger partial charge in [0.05, 0.1) is 12.1 Å². The molecule has 0 fully saturated rings. The molecule has 0 saturated heterocycles. The lowest BCUT2D eigenvalue weighted by atomic mass is 10.1. The highest BCUT2D eigenvalue weighted by atomic mass is 32.1. The Balaban J connectivity index is 1.66. The first-order valence-electron chi connectivity index (χ1n) is 6.31. The first-order valence-corrected chi connectivity index (χ1v) is 7.19. The second-order valence-electron chi connectivity index (χ2n) is 4.50. The Morgan fingerprint density at radius 1 is 1.35 bits per heavy atom. The lowest BCUT2D eigenvalue weighted by Crippen LogP contribution is -2.17. The second-order valence-corrected chi connectivity index (χ2v) is 5.36. The molecule has 1 aliphatic rings. The van der Waals surface area contributed by atoms with Crippen LogP contribution < -0.4 is 14.8 Å². The van der Waals surface area contributed by atoms with Crippen LogP contribution in [0, 0.1) is 6.92 Å². The van der Waals surface area contributed by atoms with E-state index in [2.05, 4.69) is 10.3 Å². The van der Waals surface area contributed by atoms with Crippen LogP contribution in [0.2, 0.25) is 0 Å². The van der Waals surface area contributed by atoms with Crippen molar-refractivity contribution in [1.29, 1.82) is 0 Å². The molecule has 0 spiro atoms. The summed E-state index contributed by atoms with van der Waals surface area (Å²) >= 11 is 1.42. The van der Waals surface area contributed by atoms with Crippen LogP contribution >= 0.6 is 11.3 Å². The molecule has 0 radical (unpaired) electrons. The molecule has 6 heteroatoms. The van der Waals surface area contributed by atoms with Gasteiger partial charge in [0, 0.05) is 5.38 Å². The molecule has 104 valence electrons. The van der Waals surface area contributed by atoms with Crippen LogP contribution in [0.15, 0.2) is 23.6 Å². The van der Waals surface area contributed by atoms with Crippen molar-refractivity contribution >= 4 is 22.4 Å². The van der Waals surface area contributed by atoms with Crippen LogP contribution in [0.1, 0.15) is 11.3 Å². The number of thiazole rings is 1. The summed E-state index contributed by atoms with van der Waals surface area (Å²) in [5, 5.41) is 5.32. The van der Waals surface area contributed by atoms with Crippen molar-refractivity contribution in [2.45, 2.75) is 13.3 Å². The lowest BCUT2D eigenvalue weighted by Gasteiger charge is -2.18. The molecule has 1 aliphatic heterocycles. The summed E-state index contributed by atoms with van der Waals surface area (Å²) in [6, 6.07) is 5.56. The zero-order valence-electron chi connectivity index (χ0n) is 11.0. The third-order valence-electron chi connectivity index (χ3n) is 2.84. The molecule has 1 N–H and O–H groups in total. The van der Waals surface area contributed by atoms with Crippen molar-refractivity contribution in [3.63, 3.8) is 0 Å². The molecule has 5 nitrogen and oxygen atoms in total. The Morgan fingerprint density at radius 3 is 2.90 bits per heavy atom. The van der Waals surface area contributed by atoms with Crippen molar-refractivity contribution in [3.8, 4) is 11.5 Å². The molecule has 3 rings (SSSR count). The molecule has 2 aromatic rings. The number of nitrogens with one attached hydrogen (secondary N) is 1. The number of amides is 1. The molecule has 1 aromatic heterocycles. The predicted octanol–water partition coefficient (Wildman–Crippen LogP) is 2.40. The van der Waals surface area contributed by atoms with Gasteiger partial charge in [-0.05, 0) is 24.6 Å². The van der Waals surface area contributed by atoms with Crippen LogP contribution in [0.25, 0.3) is 0 Å². The molecule has 0 atom stereocenters. The topological polar surface area (TPSA) is 60.5 Å². The number of benzene rings is 1. The molecular weight excluding hydrogens is 276 g/mol. The van der Waals surface area contributed by atoms with E-state index >= 15 is 0 Å². The molecule has 1 amide bonds. The minimum atomic E-state index is -0.0870. The highest BCUT2D eigenvalue weighted by Gasteiger charge is 2.13. The predicted molar refractivity (Wildman–Crippen MR) is 76.6 cm³/mol. The van der Waals surface area contributed by atoms with Gasteiger partial charge in [-0.15, -0.1) is 11.3 Å². The van der Waals surface area contributed by atoms with E-state index in [-0.39, 0.29) is 12.3 Å².